The predicted octanol–water partition coefficient (Wildman–Crippen LogP) is 2.93. The van der Waals surface area contributed by atoms with Crippen LogP contribution in [0.25, 0.3) is 11.4 Å². The highest BCUT2D eigenvalue weighted by Crippen LogP contribution is 2.18. The molecule has 3 rings (SSSR count). The highest BCUT2D eigenvalue weighted by molar-refractivity contribution is 5.93. The Morgan fingerprint density at radius 1 is 1.11 bits per heavy atom. The summed E-state index contributed by atoms with van der Waals surface area (Å²) in [6, 6.07) is 14.7. The summed E-state index contributed by atoms with van der Waals surface area (Å²) in [4.78, 5) is 42.6. The first kappa shape index (κ1) is 19.0. The molecule has 1 atom stereocenters. The van der Waals surface area contributed by atoms with Crippen LogP contribution in [-0.2, 0) is 0 Å². The van der Waals surface area contributed by atoms with E-state index in [1.54, 1.807) is 38.1 Å². The van der Waals surface area contributed by atoms with E-state index >= 15 is 0 Å². The van der Waals surface area contributed by atoms with Crippen molar-refractivity contribution in [1.29, 1.82) is 0 Å². The van der Waals surface area contributed by atoms with Crippen LogP contribution in [0.2, 0.25) is 0 Å². The van der Waals surface area contributed by atoms with Crippen LogP contribution in [0.15, 0.2) is 59.4 Å². The molecule has 1 heterocycles. The van der Waals surface area contributed by atoms with E-state index in [2.05, 4.69) is 15.3 Å². The lowest BCUT2D eigenvalue weighted by atomic mass is 10.0. The van der Waals surface area contributed by atoms with E-state index in [1.165, 1.54) is 6.07 Å². The van der Waals surface area contributed by atoms with Crippen LogP contribution in [0.3, 0.4) is 0 Å². The fraction of sp³-hybridized carbons (Fsp3) is 0.143. The van der Waals surface area contributed by atoms with Crippen LogP contribution >= 0.6 is 0 Å². The molecule has 28 heavy (non-hydrogen) atoms. The van der Waals surface area contributed by atoms with Crippen molar-refractivity contribution in [2.24, 2.45) is 0 Å². The van der Waals surface area contributed by atoms with Crippen molar-refractivity contribution in [3.8, 4) is 11.4 Å². The molecule has 142 valence electrons. The first-order chi connectivity index (χ1) is 13.3. The quantitative estimate of drug-likeness (QED) is 0.633. The number of aromatic amines is 1. The number of carboxylic acids is 1. The second kappa shape index (κ2) is 7.87. The molecule has 0 unspecified atom stereocenters. The van der Waals surface area contributed by atoms with Crippen LogP contribution in [-0.4, -0.2) is 27.0 Å². The maximum absolute atomic E-state index is 12.6. The molecule has 0 aliphatic carbocycles. The van der Waals surface area contributed by atoms with E-state index in [9.17, 15) is 14.4 Å². The third-order valence-electron chi connectivity index (χ3n) is 4.35. The van der Waals surface area contributed by atoms with Gasteiger partial charge in [-0.25, -0.2) is 9.78 Å². The van der Waals surface area contributed by atoms with Gasteiger partial charge in [-0.2, -0.15) is 0 Å². The molecule has 7 heteroatoms. The Balaban J connectivity index is 1.83. The number of hydrogen-bond acceptors (Lipinski definition) is 4. The van der Waals surface area contributed by atoms with Gasteiger partial charge in [0.1, 0.15) is 11.5 Å². The molecular formula is C21H19N3O4. The highest BCUT2D eigenvalue weighted by Gasteiger charge is 2.16. The molecule has 1 amide bonds. The topological polar surface area (TPSA) is 112 Å². The Labute approximate surface area is 161 Å². The van der Waals surface area contributed by atoms with Gasteiger partial charge in [-0.15, -0.1) is 0 Å². The molecule has 2 aromatic carbocycles. The van der Waals surface area contributed by atoms with Gasteiger partial charge in [0.25, 0.3) is 11.5 Å². The predicted molar refractivity (Wildman–Crippen MR) is 104 cm³/mol. The number of benzene rings is 2. The van der Waals surface area contributed by atoms with Gasteiger partial charge in [-0.1, -0.05) is 42.5 Å². The summed E-state index contributed by atoms with van der Waals surface area (Å²) in [6.45, 7) is 3.48. The van der Waals surface area contributed by atoms with Crippen LogP contribution in [0.1, 0.15) is 44.9 Å². The van der Waals surface area contributed by atoms with Crippen LogP contribution in [0, 0.1) is 6.92 Å². The molecule has 0 aliphatic heterocycles. The summed E-state index contributed by atoms with van der Waals surface area (Å²) in [5, 5.41) is 11.9. The summed E-state index contributed by atoms with van der Waals surface area (Å²) in [5.74, 6) is -1.18. The fourth-order valence-electron chi connectivity index (χ4n) is 2.86. The van der Waals surface area contributed by atoms with Crippen LogP contribution < -0.4 is 10.9 Å². The van der Waals surface area contributed by atoms with Crippen molar-refractivity contribution in [3.05, 3.63) is 87.3 Å². The first-order valence-electron chi connectivity index (χ1n) is 8.66. The van der Waals surface area contributed by atoms with Gasteiger partial charge in [-0.05, 0) is 31.0 Å². The third-order valence-corrected chi connectivity index (χ3v) is 4.35. The SMILES string of the molecule is Cc1cc([C@@H](C)NC(=O)c2cc(=O)[nH]c(-c3ccccc3)n2)ccc1C(=O)O. The molecule has 3 aromatic rings. The number of aromatic carboxylic acids is 1. The second-order valence-electron chi connectivity index (χ2n) is 6.42. The zero-order valence-corrected chi connectivity index (χ0v) is 15.4. The molecule has 0 spiro atoms. The largest absolute Gasteiger partial charge is 0.478 e. The summed E-state index contributed by atoms with van der Waals surface area (Å²) in [7, 11) is 0. The zero-order chi connectivity index (χ0) is 20.3. The van der Waals surface area contributed by atoms with E-state index in [4.69, 9.17) is 5.11 Å². The van der Waals surface area contributed by atoms with Gasteiger partial charge in [0, 0.05) is 11.6 Å². The van der Waals surface area contributed by atoms with E-state index < -0.39 is 23.5 Å². The molecular weight excluding hydrogens is 358 g/mol. The van der Waals surface area contributed by atoms with E-state index in [0.29, 0.717) is 17.0 Å². The minimum absolute atomic E-state index is 0.00771. The number of nitrogens with one attached hydrogen (secondary N) is 2. The number of aromatic nitrogens is 2. The maximum atomic E-state index is 12.6. The number of aryl methyl sites for hydroxylation is 1. The third kappa shape index (κ3) is 4.15. The Kier molecular flexibility index (Phi) is 5.35. The average Bonchev–Trinajstić information content (AvgIpc) is 2.67. The lowest BCUT2D eigenvalue weighted by Crippen LogP contribution is -2.29. The molecule has 0 bridgehead atoms. The van der Waals surface area contributed by atoms with Gasteiger partial charge in [0.15, 0.2) is 0 Å². The average molecular weight is 377 g/mol. The summed E-state index contributed by atoms with van der Waals surface area (Å²) in [6.07, 6.45) is 0. The number of carbonyl (C=O) groups is 2. The molecule has 0 saturated carbocycles. The minimum Gasteiger partial charge on any atom is -0.478 e. The summed E-state index contributed by atoms with van der Waals surface area (Å²) in [5.41, 5.74) is 1.85. The van der Waals surface area contributed by atoms with Crippen molar-refractivity contribution in [1.82, 2.24) is 15.3 Å². The molecule has 0 fully saturated rings. The normalized spacial score (nSPS) is 11.6. The Morgan fingerprint density at radius 2 is 1.82 bits per heavy atom. The number of amides is 1. The number of nitrogens with zero attached hydrogens (tertiary/aromatic N) is 1. The Morgan fingerprint density at radius 3 is 2.46 bits per heavy atom. The highest BCUT2D eigenvalue weighted by atomic mass is 16.4. The summed E-state index contributed by atoms with van der Waals surface area (Å²) < 4.78 is 0. The van der Waals surface area contributed by atoms with Crippen molar-refractivity contribution in [2.45, 2.75) is 19.9 Å². The van der Waals surface area contributed by atoms with E-state index in [-0.39, 0.29) is 11.3 Å². The fourth-order valence-corrected chi connectivity index (χ4v) is 2.86. The van der Waals surface area contributed by atoms with Crippen molar-refractivity contribution in [2.75, 3.05) is 0 Å². The summed E-state index contributed by atoms with van der Waals surface area (Å²) >= 11 is 0. The minimum atomic E-state index is -0.998. The smallest absolute Gasteiger partial charge is 0.335 e. The number of rotatable bonds is 5. The molecule has 1 aromatic heterocycles. The Bertz CT molecular complexity index is 1090. The van der Waals surface area contributed by atoms with Gasteiger partial charge >= 0.3 is 5.97 Å². The van der Waals surface area contributed by atoms with Gasteiger partial charge in [-0.3, -0.25) is 9.59 Å². The number of carbonyl (C=O) groups excluding carboxylic acids is 1. The van der Waals surface area contributed by atoms with Crippen molar-refractivity contribution < 1.29 is 14.7 Å². The lowest BCUT2D eigenvalue weighted by Gasteiger charge is -2.15. The van der Waals surface area contributed by atoms with E-state index in [1.807, 2.05) is 18.2 Å². The maximum Gasteiger partial charge on any atom is 0.335 e. The van der Waals surface area contributed by atoms with Crippen molar-refractivity contribution in [3.63, 3.8) is 0 Å². The molecule has 0 saturated heterocycles. The standard InChI is InChI=1S/C21H19N3O4/c1-12-10-15(8-9-16(12)21(27)28)13(2)22-20(26)17-11-18(25)24-19(23-17)14-6-4-3-5-7-14/h3-11,13H,1-2H3,(H,22,26)(H,27,28)(H,23,24,25)/t13-/m1/s1. The number of hydrogen-bond donors (Lipinski definition) is 3. The van der Waals surface area contributed by atoms with Crippen molar-refractivity contribution >= 4 is 11.9 Å². The van der Waals surface area contributed by atoms with E-state index in [0.717, 1.165) is 11.6 Å². The second-order valence-corrected chi connectivity index (χ2v) is 6.42. The number of H-pyrrole nitrogens is 1. The number of carboxylic acid groups (broad SMARTS) is 1. The van der Waals surface area contributed by atoms with Gasteiger partial charge < -0.3 is 15.4 Å². The monoisotopic (exact) mass is 377 g/mol. The zero-order valence-electron chi connectivity index (χ0n) is 15.4. The van der Waals surface area contributed by atoms with Gasteiger partial charge in [0.2, 0.25) is 0 Å². The first-order valence-corrected chi connectivity index (χ1v) is 8.66. The Hall–Kier alpha value is -3.74. The molecule has 7 nitrogen and oxygen atoms in total. The molecule has 0 radical (unpaired) electrons. The van der Waals surface area contributed by atoms with Crippen LogP contribution in [0.5, 0.6) is 0 Å². The molecule has 0 aliphatic rings. The van der Waals surface area contributed by atoms with Crippen LogP contribution in [0.4, 0.5) is 0 Å². The van der Waals surface area contributed by atoms with Gasteiger partial charge in [0.05, 0.1) is 11.6 Å². The molecule has 3 N–H and O–H groups in total. The lowest BCUT2D eigenvalue weighted by molar-refractivity contribution is 0.0695.